The molecule has 5 heteroatoms. The van der Waals surface area contributed by atoms with Gasteiger partial charge < -0.3 is 19.1 Å². The summed E-state index contributed by atoms with van der Waals surface area (Å²) in [6.45, 7) is 10.4. The second kappa shape index (κ2) is 8.32. The van der Waals surface area contributed by atoms with E-state index in [0.717, 1.165) is 65.8 Å². The summed E-state index contributed by atoms with van der Waals surface area (Å²) in [4.78, 5) is 17.3. The van der Waals surface area contributed by atoms with E-state index in [9.17, 15) is 4.79 Å². The van der Waals surface area contributed by atoms with Gasteiger partial charge in [-0.25, -0.2) is 0 Å². The number of hydrogen-bond acceptors (Lipinski definition) is 3. The lowest BCUT2D eigenvalue weighted by molar-refractivity contribution is -0.112. The summed E-state index contributed by atoms with van der Waals surface area (Å²) in [6.07, 6.45) is 2.05. The van der Waals surface area contributed by atoms with Crippen LogP contribution in [0.1, 0.15) is 29.4 Å². The molecular formula is C27H29N3O2. The number of carbonyl (C=O) groups excluding carboxylic acids is 1. The molecule has 0 unspecified atom stereocenters. The zero-order valence-electron chi connectivity index (χ0n) is 19.0. The molecule has 2 aliphatic heterocycles. The van der Waals surface area contributed by atoms with Gasteiger partial charge >= 0.3 is 0 Å². The minimum absolute atomic E-state index is 0.0772. The highest BCUT2D eigenvalue weighted by atomic mass is 16.5. The monoisotopic (exact) mass is 427 g/mol. The van der Waals surface area contributed by atoms with Crippen LogP contribution in [0.25, 0.3) is 17.3 Å². The fraction of sp³-hybridized carbons (Fsp3) is 0.296. The van der Waals surface area contributed by atoms with Crippen molar-refractivity contribution in [2.75, 3.05) is 42.6 Å². The van der Waals surface area contributed by atoms with Gasteiger partial charge in [-0.2, -0.15) is 0 Å². The molecule has 0 atom stereocenters. The Balaban J connectivity index is 1.49. The van der Waals surface area contributed by atoms with Gasteiger partial charge in [-0.05, 0) is 68.8 Å². The number of anilines is 2. The molecule has 1 saturated heterocycles. The molecule has 3 heterocycles. The maximum absolute atomic E-state index is 13.1. The van der Waals surface area contributed by atoms with Crippen molar-refractivity contribution < 1.29 is 9.53 Å². The van der Waals surface area contributed by atoms with Crippen molar-refractivity contribution in [2.24, 2.45) is 0 Å². The van der Waals surface area contributed by atoms with Crippen LogP contribution < -0.4 is 9.80 Å². The number of carbonyl (C=O) groups is 1. The van der Waals surface area contributed by atoms with Gasteiger partial charge in [-0.3, -0.25) is 4.79 Å². The Hall–Kier alpha value is -3.31. The predicted octanol–water partition coefficient (Wildman–Crippen LogP) is 4.84. The summed E-state index contributed by atoms with van der Waals surface area (Å²) in [7, 11) is 0. The summed E-state index contributed by atoms with van der Waals surface area (Å²) in [5, 5.41) is 0. The average molecular weight is 428 g/mol. The van der Waals surface area contributed by atoms with E-state index >= 15 is 0 Å². The summed E-state index contributed by atoms with van der Waals surface area (Å²) < 4.78 is 7.73. The van der Waals surface area contributed by atoms with Crippen LogP contribution in [0.3, 0.4) is 0 Å². The molecule has 0 spiro atoms. The third-order valence-corrected chi connectivity index (χ3v) is 6.53. The van der Waals surface area contributed by atoms with E-state index in [4.69, 9.17) is 4.74 Å². The van der Waals surface area contributed by atoms with Crippen molar-refractivity contribution in [2.45, 2.75) is 20.8 Å². The molecule has 5 rings (SSSR count). The maximum atomic E-state index is 13.1. The van der Waals surface area contributed by atoms with Crippen LogP contribution in [0.2, 0.25) is 0 Å². The molecule has 0 bridgehead atoms. The summed E-state index contributed by atoms with van der Waals surface area (Å²) in [5.41, 5.74) is 8.51. The number of amides is 1. The third kappa shape index (κ3) is 3.43. The molecule has 3 aromatic rings. The van der Waals surface area contributed by atoms with Crippen LogP contribution in [0.4, 0.5) is 11.4 Å². The van der Waals surface area contributed by atoms with E-state index in [1.165, 1.54) is 5.69 Å². The Kier molecular flexibility index (Phi) is 5.35. The molecule has 0 saturated carbocycles. The van der Waals surface area contributed by atoms with Gasteiger partial charge in [-0.1, -0.05) is 18.2 Å². The van der Waals surface area contributed by atoms with Crippen molar-refractivity contribution in [3.8, 4) is 5.69 Å². The van der Waals surface area contributed by atoms with Gasteiger partial charge in [0.25, 0.3) is 5.91 Å². The number of nitrogens with zero attached hydrogens (tertiary/aromatic N) is 3. The Morgan fingerprint density at radius 2 is 1.66 bits per heavy atom. The standard InChI is InChI=1S/C27H29N3O2/c1-4-29-26-8-6-5-7-24(26)25(27(29)31)18-21-17-19(2)30(20(21)3)23-11-9-22(10-12-23)28-13-15-32-16-14-28/h5-12,17-18H,4,13-16H2,1-3H3/b25-18+. The lowest BCUT2D eigenvalue weighted by Gasteiger charge is -2.29. The van der Waals surface area contributed by atoms with Crippen LogP contribution in [0.5, 0.6) is 0 Å². The normalized spacial score (nSPS) is 17.3. The molecule has 32 heavy (non-hydrogen) atoms. The summed E-state index contributed by atoms with van der Waals surface area (Å²) >= 11 is 0. The number of aromatic nitrogens is 1. The topological polar surface area (TPSA) is 37.7 Å². The average Bonchev–Trinajstić information content (AvgIpc) is 3.26. The SMILES string of the molecule is CCN1C(=O)/C(=C/c2cc(C)n(-c3ccc(N4CCOCC4)cc3)c2C)c2ccccc21. The van der Waals surface area contributed by atoms with E-state index in [1.807, 2.05) is 36.1 Å². The molecule has 1 fully saturated rings. The first kappa shape index (κ1) is 20.6. The van der Waals surface area contributed by atoms with Crippen LogP contribution >= 0.6 is 0 Å². The molecule has 0 radical (unpaired) electrons. The Morgan fingerprint density at radius 1 is 0.969 bits per heavy atom. The quantitative estimate of drug-likeness (QED) is 0.560. The summed E-state index contributed by atoms with van der Waals surface area (Å²) in [5.74, 6) is 0.0772. The largest absolute Gasteiger partial charge is 0.378 e. The van der Waals surface area contributed by atoms with Crippen LogP contribution in [-0.4, -0.2) is 43.3 Å². The molecule has 2 aromatic carbocycles. The number of likely N-dealkylation sites (N-methyl/N-ethyl adjacent to an activating group) is 1. The van der Waals surface area contributed by atoms with E-state index in [0.29, 0.717) is 6.54 Å². The fourth-order valence-electron chi connectivity index (χ4n) is 4.88. The Labute approximate surface area is 189 Å². The van der Waals surface area contributed by atoms with Crippen molar-refractivity contribution in [3.05, 3.63) is 77.1 Å². The van der Waals surface area contributed by atoms with Gasteiger partial charge in [-0.15, -0.1) is 0 Å². The van der Waals surface area contributed by atoms with Crippen LogP contribution in [0, 0.1) is 13.8 Å². The molecule has 0 aliphatic carbocycles. The zero-order valence-corrected chi connectivity index (χ0v) is 19.0. The van der Waals surface area contributed by atoms with Crippen LogP contribution in [-0.2, 0) is 9.53 Å². The lowest BCUT2D eigenvalue weighted by atomic mass is 10.0. The number of fused-ring (bicyclic) bond motifs is 1. The minimum Gasteiger partial charge on any atom is -0.378 e. The highest BCUT2D eigenvalue weighted by Gasteiger charge is 2.31. The van der Waals surface area contributed by atoms with Crippen molar-refractivity contribution >= 4 is 28.9 Å². The highest BCUT2D eigenvalue weighted by Crippen LogP contribution is 2.38. The number of aryl methyl sites for hydroxylation is 1. The number of ether oxygens (including phenoxy) is 1. The number of morpholine rings is 1. The second-order valence-corrected chi connectivity index (χ2v) is 8.40. The first-order chi connectivity index (χ1) is 15.6. The first-order valence-electron chi connectivity index (χ1n) is 11.3. The van der Waals surface area contributed by atoms with E-state index in [-0.39, 0.29) is 5.91 Å². The Morgan fingerprint density at radius 3 is 2.38 bits per heavy atom. The zero-order chi connectivity index (χ0) is 22.2. The molecule has 1 aromatic heterocycles. The molecule has 1 amide bonds. The van der Waals surface area contributed by atoms with Gasteiger partial charge in [0.2, 0.25) is 0 Å². The fourth-order valence-corrected chi connectivity index (χ4v) is 4.88. The molecule has 164 valence electrons. The predicted molar refractivity (Wildman–Crippen MR) is 131 cm³/mol. The smallest absolute Gasteiger partial charge is 0.258 e. The summed E-state index contributed by atoms with van der Waals surface area (Å²) in [6, 6.07) is 19.0. The van der Waals surface area contributed by atoms with Crippen molar-refractivity contribution in [3.63, 3.8) is 0 Å². The van der Waals surface area contributed by atoms with Crippen LogP contribution in [0.15, 0.2) is 54.6 Å². The molecule has 2 aliphatic rings. The van der Waals surface area contributed by atoms with Crippen molar-refractivity contribution in [1.29, 1.82) is 0 Å². The van der Waals surface area contributed by atoms with Gasteiger partial charge in [0.05, 0.1) is 18.9 Å². The van der Waals surface area contributed by atoms with Gasteiger partial charge in [0.15, 0.2) is 0 Å². The third-order valence-electron chi connectivity index (χ3n) is 6.53. The van der Waals surface area contributed by atoms with E-state index < -0.39 is 0 Å². The van der Waals surface area contributed by atoms with Gasteiger partial charge in [0.1, 0.15) is 0 Å². The van der Waals surface area contributed by atoms with Gasteiger partial charge in [0, 0.05) is 53.5 Å². The maximum Gasteiger partial charge on any atom is 0.258 e. The molecular weight excluding hydrogens is 398 g/mol. The Bertz CT molecular complexity index is 1180. The molecule has 5 nitrogen and oxygen atoms in total. The number of rotatable bonds is 4. The first-order valence-corrected chi connectivity index (χ1v) is 11.3. The number of benzene rings is 2. The number of hydrogen-bond donors (Lipinski definition) is 0. The minimum atomic E-state index is 0.0772. The van der Waals surface area contributed by atoms with Crippen molar-refractivity contribution in [1.82, 2.24) is 4.57 Å². The lowest BCUT2D eigenvalue weighted by Crippen LogP contribution is -2.36. The second-order valence-electron chi connectivity index (χ2n) is 8.40. The molecule has 0 N–H and O–H groups in total. The van der Waals surface area contributed by atoms with E-state index in [1.54, 1.807) is 0 Å². The highest BCUT2D eigenvalue weighted by molar-refractivity contribution is 6.35. The van der Waals surface area contributed by atoms with E-state index in [2.05, 4.69) is 59.7 Å². The number of para-hydroxylation sites is 1.